The van der Waals surface area contributed by atoms with Crippen molar-refractivity contribution in [3.8, 4) is 0 Å². The summed E-state index contributed by atoms with van der Waals surface area (Å²) in [5, 5.41) is 0. The van der Waals surface area contributed by atoms with Gasteiger partial charge in [-0.05, 0) is 143 Å². The first-order valence-corrected chi connectivity index (χ1v) is 18.5. The van der Waals surface area contributed by atoms with Crippen LogP contribution in [0, 0.1) is 45.3 Å². The zero-order chi connectivity index (χ0) is 33.7. The summed E-state index contributed by atoms with van der Waals surface area (Å²) >= 11 is 0. The van der Waals surface area contributed by atoms with Crippen molar-refractivity contribution in [1.29, 1.82) is 0 Å². The van der Waals surface area contributed by atoms with E-state index in [0.29, 0.717) is 53.7 Å². The highest BCUT2D eigenvalue weighted by molar-refractivity contribution is 5.68. The summed E-state index contributed by atoms with van der Waals surface area (Å²) in [4.78, 5) is 26.2. The lowest BCUT2D eigenvalue weighted by Crippen LogP contribution is -2.56. The van der Waals surface area contributed by atoms with Gasteiger partial charge in [-0.1, -0.05) is 27.4 Å². The van der Waals surface area contributed by atoms with Crippen molar-refractivity contribution in [3.05, 3.63) is 12.2 Å². The van der Waals surface area contributed by atoms with E-state index >= 15 is 0 Å². The molecule has 2 amide bonds. The Morgan fingerprint density at radius 1 is 1.00 bits per heavy atom. The number of ether oxygens (including phenoxy) is 5. The first kappa shape index (κ1) is 33.6. The number of amides is 2. The Morgan fingerprint density at radius 2 is 1.74 bits per heavy atom. The largest absolute Gasteiger partial charge is 0.444 e. The Bertz CT molecular complexity index is 1290. The fourth-order valence-corrected chi connectivity index (χ4v) is 12.7. The van der Waals surface area contributed by atoms with Gasteiger partial charge in [0.05, 0.1) is 31.5 Å². The molecule has 266 valence electrons. The smallest absolute Gasteiger partial charge is 0.410 e. The summed E-state index contributed by atoms with van der Waals surface area (Å²) in [6, 6.07) is 0. The third kappa shape index (κ3) is 5.35. The highest BCUT2D eigenvalue weighted by atomic mass is 16.7. The van der Waals surface area contributed by atoms with Crippen molar-refractivity contribution >= 4 is 12.2 Å². The third-order valence-corrected chi connectivity index (χ3v) is 14.6. The lowest BCUT2D eigenvalue weighted by Gasteiger charge is -2.60. The number of fused-ring (bicyclic) bond motifs is 4. The molecule has 2 spiro atoms. The van der Waals surface area contributed by atoms with Crippen LogP contribution >= 0.6 is 0 Å². The van der Waals surface area contributed by atoms with E-state index in [4.69, 9.17) is 29.4 Å². The minimum Gasteiger partial charge on any atom is -0.444 e. The normalized spacial score (nSPS) is 45.6. The summed E-state index contributed by atoms with van der Waals surface area (Å²) in [5.41, 5.74) is 6.88. The highest BCUT2D eigenvalue weighted by Crippen LogP contribution is 2.87. The number of rotatable bonds is 5. The van der Waals surface area contributed by atoms with Crippen molar-refractivity contribution in [3.63, 3.8) is 0 Å². The number of carbonyl (C=O) groups is 2. The van der Waals surface area contributed by atoms with Crippen molar-refractivity contribution in [2.24, 2.45) is 51.1 Å². The Labute approximate surface area is 283 Å². The second-order valence-electron chi connectivity index (χ2n) is 18.4. The maximum absolute atomic E-state index is 12.8. The molecule has 0 bridgehead atoms. The van der Waals surface area contributed by atoms with E-state index in [1.807, 2.05) is 27.7 Å². The van der Waals surface area contributed by atoms with E-state index < -0.39 is 24.1 Å². The topological polar surface area (TPSA) is 110 Å². The SMILES string of the molecule is C=C(C)[C@@H](OC(N)=O)C1CCC2C(CC3C4CCC5C(C)(C)[C@@H](OC6CN(C(=O)OC(C)(C)C)CCO6)CCC56CC46CCC23C)O1.[HH]. The standard InChI is InChI=1S/C38H60N2O7.H2/c1-22(2)31(46-32(39)41)26-11-9-24-27(44-26)19-25-23-10-12-28-35(6,7)29(13-14-38(28)21-37(23,38)16-15-36(24,25)8)45-30-20-40(17-18-43-30)33(42)47-34(3,4)5;/h23-31H,1,9-21H2,2-8H3,(H2,39,41);1H/t23?,24?,25?,26?,27?,28?,29-,30?,31+,36?,37?,38?;/m0./s1. The van der Waals surface area contributed by atoms with E-state index in [1.54, 1.807) is 4.90 Å². The maximum Gasteiger partial charge on any atom is 0.410 e. The third-order valence-electron chi connectivity index (χ3n) is 14.6. The Kier molecular flexibility index (Phi) is 8.12. The quantitative estimate of drug-likeness (QED) is 0.306. The van der Waals surface area contributed by atoms with Crippen LogP contribution in [0.3, 0.4) is 0 Å². The van der Waals surface area contributed by atoms with Gasteiger partial charge in [-0.15, -0.1) is 0 Å². The fraction of sp³-hybridized carbons (Fsp3) is 0.895. The maximum atomic E-state index is 12.8. The molecule has 2 N–H and O–H groups in total. The van der Waals surface area contributed by atoms with Crippen LogP contribution in [-0.4, -0.2) is 73.1 Å². The second-order valence-corrected chi connectivity index (χ2v) is 18.4. The van der Waals surface area contributed by atoms with Crippen LogP contribution in [0.1, 0.15) is 114 Å². The molecule has 7 rings (SSSR count). The minimum absolute atomic E-state index is 0. The summed E-state index contributed by atoms with van der Waals surface area (Å²) in [5.74, 6) is 2.62. The van der Waals surface area contributed by atoms with Crippen LogP contribution in [0.15, 0.2) is 12.2 Å². The molecule has 2 heterocycles. The molecule has 0 aromatic carbocycles. The fourth-order valence-electron chi connectivity index (χ4n) is 12.7. The van der Waals surface area contributed by atoms with Gasteiger partial charge in [-0.25, -0.2) is 9.59 Å². The molecule has 5 aliphatic carbocycles. The molecule has 5 saturated carbocycles. The molecular weight excluding hydrogens is 596 g/mol. The monoisotopic (exact) mass is 658 g/mol. The molecule has 10 unspecified atom stereocenters. The number of primary amides is 1. The zero-order valence-electron chi connectivity index (χ0n) is 30.0. The summed E-state index contributed by atoms with van der Waals surface area (Å²) < 4.78 is 30.8. The molecule has 47 heavy (non-hydrogen) atoms. The molecule has 2 aliphatic heterocycles. The van der Waals surface area contributed by atoms with Crippen molar-refractivity contribution in [1.82, 2.24) is 4.90 Å². The molecule has 0 aromatic heterocycles. The lowest BCUT2D eigenvalue weighted by molar-refractivity contribution is -0.243. The van der Waals surface area contributed by atoms with E-state index in [9.17, 15) is 9.59 Å². The summed E-state index contributed by atoms with van der Waals surface area (Å²) in [6.45, 7) is 20.6. The highest BCUT2D eigenvalue weighted by Gasteiger charge is 2.80. The first-order chi connectivity index (χ1) is 22.0. The number of nitrogens with zero attached hydrogens (tertiary/aromatic N) is 1. The van der Waals surface area contributed by atoms with Crippen LogP contribution in [0.5, 0.6) is 0 Å². The van der Waals surface area contributed by atoms with Gasteiger partial charge in [-0.3, -0.25) is 0 Å². The van der Waals surface area contributed by atoms with E-state index in [0.717, 1.165) is 37.2 Å². The summed E-state index contributed by atoms with van der Waals surface area (Å²) in [6.07, 6.45) is 10.1. The minimum atomic E-state index is -0.759. The van der Waals surface area contributed by atoms with E-state index in [1.165, 1.54) is 38.5 Å². The molecule has 2 saturated heterocycles. The number of carbonyl (C=O) groups excluding carboxylic acids is 2. The molecule has 0 aromatic rings. The van der Waals surface area contributed by atoms with Gasteiger partial charge in [-0.2, -0.15) is 0 Å². The number of nitrogens with two attached hydrogens (primary N) is 1. The van der Waals surface area contributed by atoms with Gasteiger partial charge >= 0.3 is 12.2 Å². The van der Waals surface area contributed by atoms with Gasteiger partial charge in [0, 0.05) is 7.97 Å². The predicted molar refractivity (Wildman–Crippen MR) is 179 cm³/mol. The molecular formula is C38H62N2O7. The number of morpholine rings is 1. The van der Waals surface area contributed by atoms with Crippen LogP contribution in [0.2, 0.25) is 0 Å². The zero-order valence-corrected chi connectivity index (χ0v) is 30.0. The van der Waals surface area contributed by atoms with E-state index in [2.05, 4.69) is 27.4 Å². The molecule has 9 heteroatoms. The van der Waals surface area contributed by atoms with Gasteiger partial charge in [0.2, 0.25) is 0 Å². The lowest BCUT2D eigenvalue weighted by atomic mass is 9.46. The number of hydrogen-bond acceptors (Lipinski definition) is 7. The van der Waals surface area contributed by atoms with Crippen molar-refractivity contribution < 1.29 is 34.7 Å². The molecule has 7 fully saturated rings. The Hall–Kier alpha value is -1.84. The van der Waals surface area contributed by atoms with Crippen LogP contribution < -0.4 is 5.73 Å². The van der Waals surface area contributed by atoms with Gasteiger partial charge in [0.15, 0.2) is 12.4 Å². The second kappa shape index (κ2) is 11.3. The van der Waals surface area contributed by atoms with Gasteiger partial charge in [0.1, 0.15) is 5.60 Å². The van der Waals surface area contributed by atoms with Crippen molar-refractivity contribution in [2.45, 2.75) is 149 Å². The van der Waals surface area contributed by atoms with Crippen LogP contribution in [-0.2, 0) is 23.7 Å². The van der Waals surface area contributed by atoms with Gasteiger partial charge < -0.3 is 34.3 Å². The van der Waals surface area contributed by atoms with Crippen LogP contribution in [0.4, 0.5) is 9.59 Å². The van der Waals surface area contributed by atoms with Crippen molar-refractivity contribution in [2.75, 3.05) is 19.7 Å². The average Bonchev–Trinajstić information content (AvgIpc) is 3.56. The van der Waals surface area contributed by atoms with E-state index in [-0.39, 0.29) is 31.2 Å². The summed E-state index contributed by atoms with van der Waals surface area (Å²) in [7, 11) is 0. The molecule has 7 aliphatic rings. The van der Waals surface area contributed by atoms with Gasteiger partial charge in [0.25, 0.3) is 0 Å². The first-order valence-electron chi connectivity index (χ1n) is 18.5. The Morgan fingerprint density at radius 3 is 2.45 bits per heavy atom. The molecule has 12 atom stereocenters. The Balaban J connectivity index is 0.00000401. The molecule has 9 nitrogen and oxygen atoms in total. The molecule has 0 radical (unpaired) electrons. The van der Waals surface area contributed by atoms with Crippen LogP contribution in [0.25, 0.3) is 0 Å². The predicted octanol–water partition coefficient (Wildman–Crippen LogP) is 7.46. The number of hydrogen-bond donors (Lipinski definition) is 1. The average molecular weight is 659 g/mol.